The number of carbonyl (C=O) groups is 1. The number of carbonyl (C=O) groups excluding carboxylic acids is 1. The fourth-order valence-corrected chi connectivity index (χ4v) is 3.22. The minimum absolute atomic E-state index is 0.114. The Morgan fingerprint density at radius 1 is 1.04 bits per heavy atom. The number of amides is 1. The van der Waals surface area contributed by atoms with Crippen LogP contribution in [0.2, 0.25) is 5.02 Å². The van der Waals surface area contributed by atoms with Crippen molar-refractivity contribution in [2.75, 3.05) is 31.5 Å². The predicted molar refractivity (Wildman–Crippen MR) is 107 cm³/mol. The molecule has 1 saturated heterocycles. The van der Waals surface area contributed by atoms with Crippen LogP contribution in [0.3, 0.4) is 0 Å². The number of nitrogens with one attached hydrogen (secondary N) is 1. The Labute approximate surface area is 160 Å². The van der Waals surface area contributed by atoms with Crippen LogP contribution in [0.25, 0.3) is 0 Å². The molecular weight excluding hydrogens is 346 g/mol. The second-order valence-corrected chi connectivity index (χ2v) is 6.97. The van der Waals surface area contributed by atoms with Gasteiger partial charge in [-0.2, -0.15) is 0 Å². The number of hydrogen-bond acceptors (Lipinski definition) is 3. The van der Waals surface area contributed by atoms with Crippen molar-refractivity contribution in [3.8, 4) is 0 Å². The van der Waals surface area contributed by atoms with Crippen LogP contribution in [0.1, 0.15) is 12.5 Å². The molecule has 0 bridgehead atoms. The molecule has 1 N–H and O–H groups in total. The molecule has 0 aromatic heterocycles. The van der Waals surface area contributed by atoms with Gasteiger partial charge >= 0.3 is 0 Å². The summed E-state index contributed by atoms with van der Waals surface area (Å²) in [5, 5.41) is 3.53. The summed E-state index contributed by atoms with van der Waals surface area (Å²) in [4.78, 5) is 16.9. The minimum atomic E-state index is -0.114. The van der Waals surface area contributed by atoms with Crippen LogP contribution in [0.4, 0.5) is 5.69 Å². The van der Waals surface area contributed by atoms with Gasteiger partial charge in [0.1, 0.15) is 0 Å². The lowest BCUT2D eigenvalue weighted by Crippen LogP contribution is -2.45. The Morgan fingerprint density at radius 2 is 1.69 bits per heavy atom. The summed E-state index contributed by atoms with van der Waals surface area (Å²) in [5.41, 5.74) is 3.09. The summed E-state index contributed by atoms with van der Waals surface area (Å²) in [6.45, 7) is 6.84. The van der Waals surface area contributed by atoms with Gasteiger partial charge in [-0.05, 0) is 36.8 Å². The number of halogens is 1. The van der Waals surface area contributed by atoms with Crippen molar-refractivity contribution in [2.24, 2.45) is 0 Å². The van der Waals surface area contributed by atoms with E-state index in [2.05, 4.69) is 39.4 Å². The van der Waals surface area contributed by atoms with E-state index < -0.39 is 0 Å². The van der Waals surface area contributed by atoms with Gasteiger partial charge in [-0.1, -0.05) is 41.9 Å². The van der Waals surface area contributed by atoms with E-state index in [0.717, 1.165) is 44.1 Å². The van der Waals surface area contributed by atoms with Crippen LogP contribution in [0, 0.1) is 0 Å². The SMILES string of the molecule is CC(=CC(=O)Nc1ccc(Cl)cc1)N1CCN(Cc2ccccc2)CC1. The van der Waals surface area contributed by atoms with Crippen LogP contribution in [-0.2, 0) is 11.3 Å². The number of piperazine rings is 1. The number of anilines is 1. The molecule has 1 heterocycles. The first-order chi connectivity index (χ1) is 12.6. The maximum atomic E-state index is 12.2. The second-order valence-electron chi connectivity index (χ2n) is 6.53. The first-order valence-electron chi connectivity index (χ1n) is 8.86. The van der Waals surface area contributed by atoms with E-state index in [1.54, 1.807) is 30.3 Å². The molecule has 3 rings (SSSR count). The largest absolute Gasteiger partial charge is 0.372 e. The van der Waals surface area contributed by atoms with Gasteiger partial charge in [-0.15, -0.1) is 0 Å². The zero-order valence-corrected chi connectivity index (χ0v) is 15.7. The second kappa shape index (κ2) is 8.88. The van der Waals surface area contributed by atoms with E-state index >= 15 is 0 Å². The summed E-state index contributed by atoms with van der Waals surface area (Å²) in [6, 6.07) is 17.7. The minimum Gasteiger partial charge on any atom is -0.372 e. The molecule has 0 aliphatic carbocycles. The Balaban J connectivity index is 1.49. The van der Waals surface area contributed by atoms with Crippen molar-refractivity contribution in [1.82, 2.24) is 9.80 Å². The molecule has 1 aliphatic heterocycles. The summed E-state index contributed by atoms with van der Waals surface area (Å²) in [7, 11) is 0. The van der Waals surface area contributed by atoms with Crippen molar-refractivity contribution in [1.29, 1.82) is 0 Å². The summed E-state index contributed by atoms with van der Waals surface area (Å²) in [6.07, 6.45) is 1.67. The molecule has 1 amide bonds. The van der Waals surface area contributed by atoms with Crippen LogP contribution < -0.4 is 5.32 Å². The highest BCUT2D eigenvalue weighted by molar-refractivity contribution is 6.30. The third-order valence-electron chi connectivity index (χ3n) is 4.57. The van der Waals surface area contributed by atoms with Crippen LogP contribution in [0.5, 0.6) is 0 Å². The third-order valence-corrected chi connectivity index (χ3v) is 4.82. The highest BCUT2D eigenvalue weighted by Gasteiger charge is 2.17. The van der Waals surface area contributed by atoms with Gasteiger partial charge in [0, 0.05) is 55.2 Å². The molecular formula is C21H24ClN3O. The average molecular weight is 370 g/mol. The van der Waals surface area contributed by atoms with Gasteiger partial charge in [0.05, 0.1) is 0 Å². The Kier molecular flexibility index (Phi) is 6.31. The summed E-state index contributed by atoms with van der Waals surface area (Å²) in [5.74, 6) is -0.114. The molecule has 2 aromatic rings. The highest BCUT2D eigenvalue weighted by Crippen LogP contribution is 2.15. The number of hydrogen-bond donors (Lipinski definition) is 1. The maximum absolute atomic E-state index is 12.2. The lowest BCUT2D eigenvalue weighted by Gasteiger charge is -2.36. The first kappa shape index (κ1) is 18.5. The van der Waals surface area contributed by atoms with Crippen molar-refractivity contribution in [3.63, 3.8) is 0 Å². The molecule has 26 heavy (non-hydrogen) atoms. The Bertz CT molecular complexity index is 751. The van der Waals surface area contributed by atoms with Gasteiger partial charge in [-0.3, -0.25) is 9.69 Å². The van der Waals surface area contributed by atoms with Crippen LogP contribution in [0.15, 0.2) is 66.4 Å². The molecule has 0 unspecified atom stereocenters. The van der Waals surface area contributed by atoms with Gasteiger partial charge in [0.2, 0.25) is 5.91 Å². The van der Waals surface area contributed by atoms with Crippen molar-refractivity contribution in [2.45, 2.75) is 13.5 Å². The Hall–Kier alpha value is -2.30. The molecule has 0 radical (unpaired) electrons. The third kappa shape index (κ3) is 5.35. The molecule has 5 heteroatoms. The van der Waals surface area contributed by atoms with E-state index in [0.29, 0.717) is 5.02 Å². The summed E-state index contributed by atoms with van der Waals surface area (Å²) >= 11 is 5.86. The molecule has 0 saturated carbocycles. The monoisotopic (exact) mass is 369 g/mol. The van der Waals surface area contributed by atoms with E-state index in [1.807, 2.05) is 13.0 Å². The normalized spacial score (nSPS) is 15.8. The standard InChI is InChI=1S/C21H24ClN3O/c1-17(15-21(26)23-20-9-7-19(22)8-10-20)25-13-11-24(12-14-25)16-18-5-3-2-4-6-18/h2-10,15H,11-14,16H2,1H3,(H,23,26). The number of nitrogens with zero attached hydrogens (tertiary/aromatic N) is 2. The number of allylic oxidation sites excluding steroid dienone is 1. The zero-order valence-electron chi connectivity index (χ0n) is 15.0. The number of rotatable bonds is 5. The van der Waals surface area contributed by atoms with Crippen LogP contribution in [-0.4, -0.2) is 41.9 Å². The fraction of sp³-hybridized carbons (Fsp3) is 0.286. The summed E-state index contributed by atoms with van der Waals surface area (Å²) < 4.78 is 0. The van der Waals surface area contributed by atoms with Gasteiger partial charge in [-0.25, -0.2) is 0 Å². The molecule has 136 valence electrons. The predicted octanol–water partition coefficient (Wildman–Crippen LogP) is 4.00. The zero-order chi connectivity index (χ0) is 18.4. The van der Waals surface area contributed by atoms with Crippen molar-refractivity contribution in [3.05, 3.63) is 77.0 Å². The Morgan fingerprint density at radius 3 is 2.35 bits per heavy atom. The average Bonchev–Trinajstić information content (AvgIpc) is 2.65. The lowest BCUT2D eigenvalue weighted by atomic mass is 10.2. The van der Waals surface area contributed by atoms with Gasteiger partial charge < -0.3 is 10.2 Å². The van der Waals surface area contributed by atoms with Gasteiger partial charge in [0.15, 0.2) is 0 Å². The van der Waals surface area contributed by atoms with Crippen molar-refractivity contribution < 1.29 is 4.79 Å². The smallest absolute Gasteiger partial charge is 0.250 e. The molecule has 2 aromatic carbocycles. The highest BCUT2D eigenvalue weighted by atomic mass is 35.5. The van der Waals surface area contributed by atoms with E-state index in [1.165, 1.54) is 5.56 Å². The molecule has 4 nitrogen and oxygen atoms in total. The van der Waals surface area contributed by atoms with E-state index in [9.17, 15) is 4.79 Å². The first-order valence-corrected chi connectivity index (χ1v) is 9.24. The fourth-order valence-electron chi connectivity index (χ4n) is 3.09. The topological polar surface area (TPSA) is 35.6 Å². The van der Waals surface area contributed by atoms with E-state index in [-0.39, 0.29) is 5.91 Å². The van der Waals surface area contributed by atoms with Crippen LogP contribution >= 0.6 is 11.6 Å². The maximum Gasteiger partial charge on any atom is 0.250 e. The van der Waals surface area contributed by atoms with Crippen molar-refractivity contribution >= 4 is 23.2 Å². The molecule has 1 aliphatic rings. The van der Waals surface area contributed by atoms with E-state index in [4.69, 9.17) is 11.6 Å². The quantitative estimate of drug-likeness (QED) is 0.809. The molecule has 0 atom stereocenters. The lowest BCUT2D eigenvalue weighted by molar-refractivity contribution is -0.112. The molecule has 1 fully saturated rings. The van der Waals surface area contributed by atoms with Gasteiger partial charge in [0.25, 0.3) is 0 Å². The molecule has 0 spiro atoms. The number of benzene rings is 2.